The van der Waals surface area contributed by atoms with Crippen LogP contribution in [0.3, 0.4) is 0 Å². The van der Waals surface area contributed by atoms with Crippen molar-refractivity contribution in [2.24, 2.45) is 32.5 Å². The first-order chi connectivity index (χ1) is 13.2. The molecule has 1 aromatic rings. The maximum atomic E-state index is 12.5. The number of aliphatic hydroxyl groups excluding tert-OH is 1. The summed E-state index contributed by atoms with van der Waals surface area (Å²) in [4.78, 5) is 0. The molecule has 30 heavy (non-hydrogen) atoms. The van der Waals surface area contributed by atoms with Crippen molar-refractivity contribution in [3.05, 3.63) is 35.9 Å². The Bertz CT molecular complexity index is 756. The topological polar surface area (TPSA) is 40.5 Å². The lowest BCUT2D eigenvalue weighted by Crippen LogP contribution is -2.67. The quantitative estimate of drug-likeness (QED) is 0.494. The van der Waals surface area contributed by atoms with E-state index in [2.05, 4.69) is 89.2 Å². The number of rotatable bonds is 1. The Balaban J connectivity index is 3.03. The summed E-state index contributed by atoms with van der Waals surface area (Å²) < 4.78 is 0. The van der Waals surface area contributed by atoms with Crippen LogP contribution >= 0.6 is 0 Å². The Morgan fingerprint density at radius 1 is 0.700 bits per heavy atom. The molecule has 2 nitrogen and oxygen atoms in total. The summed E-state index contributed by atoms with van der Waals surface area (Å²) in [5, 5.41) is 22.4. The first-order valence-corrected chi connectivity index (χ1v) is 11.4. The van der Waals surface area contributed by atoms with Gasteiger partial charge in [0.05, 0.1) is 6.10 Å². The van der Waals surface area contributed by atoms with E-state index in [9.17, 15) is 10.2 Å². The monoisotopic (exact) mass is 414 g/mol. The highest BCUT2D eigenvalue weighted by atomic mass is 16.3. The van der Waals surface area contributed by atoms with Crippen LogP contribution in [0.1, 0.15) is 95.1 Å². The Labute approximate surface area is 185 Å². The normalized spacial score (nSPS) is 22.6. The third-order valence-electron chi connectivity index (χ3n) is 8.17. The van der Waals surface area contributed by atoms with Crippen LogP contribution in [-0.2, 0) is 0 Å². The molecule has 170 valence electrons. The Morgan fingerprint density at radius 2 is 1.10 bits per heavy atom. The Kier molecular flexibility index (Phi) is 5.93. The maximum absolute atomic E-state index is 12.5. The lowest BCUT2D eigenvalue weighted by atomic mass is 9.37. The van der Waals surface area contributed by atoms with Gasteiger partial charge in [0.1, 0.15) is 5.75 Å². The average Bonchev–Trinajstić information content (AvgIpc) is 2.51. The predicted molar refractivity (Wildman–Crippen MR) is 129 cm³/mol. The van der Waals surface area contributed by atoms with Crippen LogP contribution in [0, 0.1) is 32.5 Å². The summed E-state index contributed by atoms with van der Waals surface area (Å²) in [6.45, 7) is 27.4. The highest BCUT2D eigenvalue weighted by Gasteiger charge is 2.67. The molecule has 0 radical (unpaired) electrons. The average molecular weight is 415 g/mol. The van der Waals surface area contributed by atoms with Gasteiger partial charge in [-0.3, -0.25) is 0 Å². The summed E-state index contributed by atoms with van der Waals surface area (Å²) in [6, 6.07) is 7.58. The van der Waals surface area contributed by atoms with Gasteiger partial charge < -0.3 is 10.2 Å². The van der Waals surface area contributed by atoms with Crippen LogP contribution in [0.5, 0.6) is 5.75 Å². The summed E-state index contributed by atoms with van der Waals surface area (Å²) in [5.41, 5.74) is 1.06. The van der Waals surface area contributed by atoms with Crippen molar-refractivity contribution >= 4 is 5.57 Å². The lowest BCUT2D eigenvalue weighted by Gasteiger charge is -2.68. The molecule has 2 heteroatoms. The number of aliphatic hydroxyl groups is 1. The molecule has 0 spiro atoms. The molecule has 2 rings (SSSR count). The number of benzene rings is 1. The zero-order valence-electron chi connectivity index (χ0n) is 21.6. The number of allylic oxidation sites excluding steroid dienone is 1. The smallest absolute Gasteiger partial charge is 0.115 e. The summed E-state index contributed by atoms with van der Waals surface area (Å²) in [6.07, 6.45) is 2.69. The van der Waals surface area contributed by atoms with Crippen molar-refractivity contribution in [1.29, 1.82) is 0 Å². The van der Waals surface area contributed by atoms with Gasteiger partial charge in [-0.1, -0.05) is 101 Å². The fourth-order valence-electron chi connectivity index (χ4n) is 6.91. The first kappa shape index (κ1) is 25.0. The van der Waals surface area contributed by atoms with Crippen molar-refractivity contribution in [2.75, 3.05) is 0 Å². The van der Waals surface area contributed by atoms with Gasteiger partial charge in [0.2, 0.25) is 0 Å². The number of phenolic OH excluding ortho intramolecular Hbond substituents is 1. The van der Waals surface area contributed by atoms with Gasteiger partial charge in [-0.05, 0) is 51.4 Å². The van der Waals surface area contributed by atoms with Crippen LogP contribution in [0.4, 0.5) is 0 Å². The van der Waals surface area contributed by atoms with E-state index in [-0.39, 0.29) is 32.8 Å². The lowest BCUT2D eigenvalue weighted by molar-refractivity contribution is -0.219. The fourth-order valence-corrected chi connectivity index (χ4v) is 6.91. The van der Waals surface area contributed by atoms with Gasteiger partial charge >= 0.3 is 0 Å². The van der Waals surface area contributed by atoms with Crippen LogP contribution in [-0.4, -0.2) is 16.3 Å². The van der Waals surface area contributed by atoms with Gasteiger partial charge in [-0.15, -0.1) is 0 Å². The van der Waals surface area contributed by atoms with E-state index in [1.165, 1.54) is 5.57 Å². The molecule has 0 amide bonds. The molecule has 0 saturated carbocycles. The molecule has 0 aromatic heterocycles. The second-order valence-corrected chi connectivity index (χ2v) is 13.6. The van der Waals surface area contributed by atoms with Crippen molar-refractivity contribution in [3.8, 4) is 5.75 Å². The fraction of sp³-hybridized carbons (Fsp3) is 0.714. The second kappa shape index (κ2) is 7.12. The highest BCUT2D eigenvalue weighted by Crippen LogP contribution is 2.70. The second-order valence-electron chi connectivity index (χ2n) is 13.6. The van der Waals surface area contributed by atoms with Crippen molar-refractivity contribution < 1.29 is 10.2 Å². The molecule has 2 N–H and O–H groups in total. The summed E-state index contributed by atoms with van der Waals surface area (Å²) in [7, 11) is 0. The van der Waals surface area contributed by atoms with Crippen molar-refractivity contribution in [1.82, 2.24) is 0 Å². The van der Waals surface area contributed by atoms with E-state index in [0.717, 1.165) is 12.0 Å². The summed E-state index contributed by atoms with van der Waals surface area (Å²) in [5.74, 6) is 0.283. The van der Waals surface area contributed by atoms with Crippen LogP contribution in [0.15, 0.2) is 30.3 Å². The highest BCUT2D eigenvalue weighted by molar-refractivity contribution is 5.70. The molecular formula is C28H46O2. The number of hydrogen-bond acceptors (Lipinski definition) is 2. The van der Waals surface area contributed by atoms with Crippen LogP contribution < -0.4 is 0 Å². The molecular weight excluding hydrogens is 368 g/mol. The molecule has 1 aliphatic carbocycles. The minimum Gasteiger partial charge on any atom is -0.508 e. The predicted octanol–water partition coefficient (Wildman–Crippen LogP) is 7.70. The molecule has 0 bridgehead atoms. The van der Waals surface area contributed by atoms with Gasteiger partial charge in [-0.25, -0.2) is 0 Å². The number of hydrogen-bond donors (Lipinski definition) is 2. The first-order valence-electron chi connectivity index (χ1n) is 11.4. The summed E-state index contributed by atoms with van der Waals surface area (Å²) >= 11 is 0. The van der Waals surface area contributed by atoms with Crippen molar-refractivity contribution in [3.63, 3.8) is 0 Å². The molecule has 1 aliphatic rings. The van der Waals surface area contributed by atoms with E-state index in [1.807, 2.05) is 12.1 Å². The molecule has 1 atom stereocenters. The van der Waals surface area contributed by atoms with Gasteiger partial charge in [0, 0.05) is 10.8 Å². The third kappa shape index (κ3) is 3.53. The van der Waals surface area contributed by atoms with Crippen LogP contribution in [0.25, 0.3) is 5.57 Å². The van der Waals surface area contributed by atoms with E-state index in [0.29, 0.717) is 0 Å². The van der Waals surface area contributed by atoms with Gasteiger partial charge in [-0.2, -0.15) is 0 Å². The van der Waals surface area contributed by atoms with Crippen LogP contribution in [0.2, 0.25) is 0 Å². The molecule has 0 saturated heterocycles. The molecule has 1 aromatic carbocycles. The van der Waals surface area contributed by atoms with Gasteiger partial charge in [0.15, 0.2) is 0 Å². The number of aromatic hydroxyl groups is 1. The zero-order valence-corrected chi connectivity index (χ0v) is 21.6. The minimum atomic E-state index is -0.508. The van der Waals surface area contributed by atoms with Gasteiger partial charge in [0.25, 0.3) is 0 Å². The van der Waals surface area contributed by atoms with E-state index >= 15 is 0 Å². The molecule has 0 heterocycles. The largest absolute Gasteiger partial charge is 0.508 e. The Hall–Kier alpha value is -1.28. The standard InChI is InChI=1S/C28H46O2/c1-23(2,3)27(24(4,5)6)17-20(19-13-15-21(29)16-14-19)18-28(22(27)30,25(7,8)9)26(10,11)12/h13-17,22,29-30H,18H2,1-12H3. The van der Waals surface area contributed by atoms with E-state index in [1.54, 1.807) is 12.1 Å². The molecule has 1 unspecified atom stereocenters. The Morgan fingerprint density at radius 3 is 1.43 bits per heavy atom. The van der Waals surface area contributed by atoms with E-state index < -0.39 is 11.5 Å². The minimum absolute atomic E-state index is 0.122. The number of phenols is 1. The van der Waals surface area contributed by atoms with Crippen molar-refractivity contribution in [2.45, 2.75) is 95.6 Å². The zero-order chi connectivity index (χ0) is 23.6. The SMILES string of the molecule is CC(C)(C)C1(C(C)(C)C)C=C(c2ccc(O)cc2)CC(C(C)(C)C)(C(C)(C)C)C1O. The molecule has 0 fully saturated rings. The molecule has 0 aliphatic heterocycles. The van der Waals surface area contributed by atoms with E-state index in [4.69, 9.17) is 0 Å². The third-order valence-corrected chi connectivity index (χ3v) is 8.17. The maximum Gasteiger partial charge on any atom is 0.115 e.